The fourth-order valence-corrected chi connectivity index (χ4v) is 2.05. The molecule has 0 atom stereocenters. The highest BCUT2D eigenvalue weighted by Crippen LogP contribution is 2.23. The van der Waals surface area contributed by atoms with E-state index in [0.29, 0.717) is 0 Å². The first kappa shape index (κ1) is 12.5. The van der Waals surface area contributed by atoms with Crippen LogP contribution in [0.1, 0.15) is 25.2 Å². The van der Waals surface area contributed by atoms with Crippen LogP contribution in [0.15, 0.2) is 24.3 Å². The molecule has 0 aliphatic rings. The van der Waals surface area contributed by atoms with Crippen molar-refractivity contribution in [2.75, 3.05) is 12.8 Å². The van der Waals surface area contributed by atoms with Gasteiger partial charge in [0.05, 0.1) is 29.9 Å². The van der Waals surface area contributed by atoms with Crippen LogP contribution in [-0.2, 0) is 12.8 Å². The normalized spacial score (nSPS) is 10.6. The molecule has 2 rings (SSSR count). The van der Waals surface area contributed by atoms with E-state index in [0.717, 1.165) is 41.4 Å². The molecule has 1 aromatic heterocycles. The van der Waals surface area contributed by atoms with Crippen molar-refractivity contribution in [3.63, 3.8) is 0 Å². The van der Waals surface area contributed by atoms with Crippen LogP contribution >= 0.6 is 0 Å². The summed E-state index contributed by atoms with van der Waals surface area (Å²) >= 11 is 0. The molecular formula is C14H19N3O. The summed E-state index contributed by atoms with van der Waals surface area (Å²) < 4.78 is 7.08. The number of methoxy groups -OCH3 is 1. The minimum Gasteiger partial charge on any atom is -0.497 e. The second-order valence-corrected chi connectivity index (χ2v) is 4.12. The first-order valence-corrected chi connectivity index (χ1v) is 6.21. The zero-order valence-corrected chi connectivity index (χ0v) is 11.1. The smallest absolute Gasteiger partial charge is 0.119 e. The standard InChI is InChI=1S/C14H19N3O/c1-4-12-14(15)13(5-2)17(16-12)10-6-8-11(18-3)9-7-10/h6-9H,4-5,15H2,1-3H3. The largest absolute Gasteiger partial charge is 0.497 e. The van der Waals surface area contributed by atoms with Gasteiger partial charge in [-0.1, -0.05) is 13.8 Å². The lowest BCUT2D eigenvalue weighted by Gasteiger charge is -2.07. The molecule has 4 nitrogen and oxygen atoms in total. The van der Waals surface area contributed by atoms with E-state index in [9.17, 15) is 0 Å². The Morgan fingerprint density at radius 2 is 1.83 bits per heavy atom. The highest BCUT2D eigenvalue weighted by molar-refractivity contribution is 5.52. The molecule has 0 saturated heterocycles. The van der Waals surface area contributed by atoms with Gasteiger partial charge < -0.3 is 10.5 Å². The van der Waals surface area contributed by atoms with E-state index in [1.165, 1.54) is 0 Å². The average Bonchev–Trinajstić information content (AvgIpc) is 2.75. The first-order chi connectivity index (χ1) is 8.71. The van der Waals surface area contributed by atoms with Crippen LogP contribution in [-0.4, -0.2) is 16.9 Å². The van der Waals surface area contributed by atoms with Gasteiger partial charge in [-0.3, -0.25) is 0 Å². The van der Waals surface area contributed by atoms with Crippen LogP contribution in [0.5, 0.6) is 5.75 Å². The van der Waals surface area contributed by atoms with Crippen LogP contribution < -0.4 is 10.5 Å². The van der Waals surface area contributed by atoms with Gasteiger partial charge in [0.1, 0.15) is 5.75 Å². The first-order valence-electron chi connectivity index (χ1n) is 6.21. The van der Waals surface area contributed by atoms with Crippen molar-refractivity contribution in [3.8, 4) is 11.4 Å². The van der Waals surface area contributed by atoms with Gasteiger partial charge in [-0.05, 0) is 37.1 Å². The van der Waals surface area contributed by atoms with Crippen molar-refractivity contribution in [1.82, 2.24) is 9.78 Å². The van der Waals surface area contributed by atoms with Gasteiger partial charge in [-0.15, -0.1) is 0 Å². The Morgan fingerprint density at radius 1 is 1.17 bits per heavy atom. The predicted octanol–water partition coefficient (Wildman–Crippen LogP) is 2.59. The van der Waals surface area contributed by atoms with Gasteiger partial charge in [0, 0.05) is 0 Å². The summed E-state index contributed by atoms with van der Waals surface area (Å²) in [6.45, 7) is 4.16. The molecule has 1 heterocycles. The number of nitrogen functional groups attached to an aromatic ring is 1. The number of aryl methyl sites for hydroxylation is 1. The minimum absolute atomic E-state index is 0.816. The predicted molar refractivity (Wildman–Crippen MR) is 73.3 cm³/mol. The highest BCUT2D eigenvalue weighted by atomic mass is 16.5. The fraction of sp³-hybridized carbons (Fsp3) is 0.357. The Labute approximate surface area is 107 Å². The van der Waals surface area contributed by atoms with Gasteiger partial charge in [0.15, 0.2) is 0 Å². The monoisotopic (exact) mass is 245 g/mol. The Kier molecular flexibility index (Phi) is 3.55. The average molecular weight is 245 g/mol. The quantitative estimate of drug-likeness (QED) is 0.900. The molecular weight excluding hydrogens is 226 g/mol. The molecule has 0 fully saturated rings. The zero-order valence-electron chi connectivity index (χ0n) is 11.1. The number of nitrogens with two attached hydrogens (primary N) is 1. The third-order valence-electron chi connectivity index (χ3n) is 3.08. The molecule has 0 aliphatic heterocycles. The van der Waals surface area contributed by atoms with E-state index < -0.39 is 0 Å². The maximum atomic E-state index is 6.11. The van der Waals surface area contributed by atoms with Crippen molar-refractivity contribution >= 4 is 5.69 Å². The van der Waals surface area contributed by atoms with Gasteiger partial charge in [-0.2, -0.15) is 5.10 Å². The third kappa shape index (κ3) is 2.06. The SMILES string of the molecule is CCc1nn(-c2ccc(OC)cc2)c(CC)c1N. The lowest BCUT2D eigenvalue weighted by Crippen LogP contribution is -2.02. The number of aromatic nitrogens is 2. The van der Waals surface area contributed by atoms with Crippen molar-refractivity contribution in [2.45, 2.75) is 26.7 Å². The lowest BCUT2D eigenvalue weighted by molar-refractivity contribution is 0.414. The molecule has 0 bridgehead atoms. The molecule has 2 aromatic rings. The molecule has 0 amide bonds. The van der Waals surface area contributed by atoms with Gasteiger partial charge in [0.25, 0.3) is 0 Å². The number of hydrogen-bond donors (Lipinski definition) is 1. The molecule has 0 radical (unpaired) electrons. The van der Waals surface area contributed by atoms with E-state index >= 15 is 0 Å². The summed E-state index contributed by atoms with van der Waals surface area (Å²) in [7, 11) is 1.66. The van der Waals surface area contributed by atoms with Crippen molar-refractivity contribution in [2.24, 2.45) is 0 Å². The number of hydrogen-bond acceptors (Lipinski definition) is 3. The summed E-state index contributed by atoms with van der Waals surface area (Å²) in [4.78, 5) is 0. The summed E-state index contributed by atoms with van der Waals surface area (Å²) in [5.41, 5.74) is 9.97. The van der Waals surface area contributed by atoms with Gasteiger partial charge >= 0.3 is 0 Å². The molecule has 96 valence electrons. The van der Waals surface area contributed by atoms with E-state index in [2.05, 4.69) is 18.9 Å². The van der Waals surface area contributed by atoms with Crippen LogP contribution in [0.3, 0.4) is 0 Å². The van der Waals surface area contributed by atoms with Crippen LogP contribution in [0.2, 0.25) is 0 Å². The van der Waals surface area contributed by atoms with E-state index in [1.807, 2.05) is 28.9 Å². The number of benzene rings is 1. The molecule has 0 aliphatic carbocycles. The second-order valence-electron chi connectivity index (χ2n) is 4.12. The number of ether oxygens (including phenoxy) is 1. The Hall–Kier alpha value is -1.97. The maximum Gasteiger partial charge on any atom is 0.119 e. The van der Waals surface area contributed by atoms with Crippen LogP contribution in [0.4, 0.5) is 5.69 Å². The molecule has 2 N–H and O–H groups in total. The summed E-state index contributed by atoms with van der Waals surface area (Å²) in [6.07, 6.45) is 1.72. The second kappa shape index (κ2) is 5.12. The van der Waals surface area contributed by atoms with E-state index in [1.54, 1.807) is 7.11 Å². The number of anilines is 1. The highest BCUT2D eigenvalue weighted by Gasteiger charge is 2.13. The number of rotatable bonds is 4. The fourth-order valence-electron chi connectivity index (χ4n) is 2.05. The summed E-state index contributed by atoms with van der Waals surface area (Å²) in [6, 6.07) is 7.84. The van der Waals surface area contributed by atoms with Gasteiger partial charge in [-0.25, -0.2) is 4.68 Å². The van der Waals surface area contributed by atoms with Crippen molar-refractivity contribution in [3.05, 3.63) is 35.7 Å². The van der Waals surface area contributed by atoms with Gasteiger partial charge in [0.2, 0.25) is 0 Å². The molecule has 0 saturated carbocycles. The molecule has 0 spiro atoms. The molecule has 0 unspecified atom stereocenters. The zero-order chi connectivity index (χ0) is 13.1. The molecule has 1 aromatic carbocycles. The minimum atomic E-state index is 0.816. The van der Waals surface area contributed by atoms with E-state index in [-0.39, 0.29) is 0 Å². The summed E-state index contributed by atoms with van der Waals surface area (Å²) in [5, 5.41) is 4.58. The van der Waals surface area contributed by atoms with Crippen LogP contribution in [0.25, 0.3) is 5.69 Å². The maximum absolute atomic E-state index is 6.11. The van der Waals surface area contributed by atoms with E-state index in [4.69, 9.17) is 10.5 Å². The molecule has 4 heteroatoms. The van der Waals surface area contributed by atoms with Crippen molar-refractivity contribution in [1.29, 1.82) is 0 Å². The topological polar surface area (TPSA) is 53.1 Å². The number of nitrogens with zero attached hydrogens (tertiary/aromatic N) is 2. The van der Waals surface area contributed by atoms with Crippen molar-refractivity contribution < 1.29 is 4.74 Å². The Morgan fingerprint density at radius 3 is 2.33 bits per heavy atom. The third-order valence-corrected chi connectivity index (χ3v) is 3.08. The van der Waals surface area contributed by atoms with Crippen LogP contribution in [0, 0.1) is 0 Å². The molecule has 18 heavy (non-hydrogen) atoms. The Balaban J connectivity index is 2.48. The summed E-state index contributed by atoms with van der Waals surface area (Å²) in [5.74, 6) is 0.840. The Bertz CT molecular complexity index is 529. The lowest BCUT2D eigenvalue weighted by atomic mass is 10.2.